The van der Waals surface area contributed by atoms with Crippen LogP contribution >= 0.6 is 0 Å². The van der Waals surface area contributed by atoms with Crippen molar-refractivity contribution in [1.82, 2.24) is 4.72 Å². The van der Waals surface area contributed by atoms with Crippen LogP contribution in [0.2, 0.25) is 0 Å². The maximum absolute atomic E-state index is 11.2. The van der Waals surface area contributed by atoms with E-state index in [1.165, 1.54) is 25.2 Å². The zero-order valence-electron chi connectivity index (χ0n) is 9.80. The van der Waals surface area contributed by atoms with Gasteiger partial charge in [-0.05, 0) is 25.2 Å². The molecule has 0 heterocycles. The zero-order valence-corrected chi connectivity index (χ0v) is 10.6. The van der Waals surface area contributed by atoms with Crippen LogP contribution in [0.5, 0.6) is 0 Å². The van der Waals surface area contributed by atoms with E-state index in [4.69, 9.17) is 10.8 Å². The maximum atomic E-state index is 11.2. The average Bonchev–Trinajstić information content (AvgIpc) is 2.31. The predicted octanol–water partition coefficient (Wildman–Crippen LogP) is -0.0719. The molecule has 0 aromatic heterocycles. The number of rotatable bonds is 6. The van der Waals surface area contributed by atoms with E-state index >= 15 is 0 Å². The van der Waals surface area contributed by atoms with Crippen molar-refractivity contribution in [3.05, 3.63) is 23.8 Å². The molecule has 0 unspecified atom stereocenters. The average molecular weight is 273 g/mol. The summed E-state index contributed by atoms with van der Waals surface area (Å²) in [7, 11) is -1.97. The molecular weight excluding hydrogens is 258 g/mol. The summed E-state index contributed by atoms with van der Waals surface area (Å²) in [6.45, 7) is 0.135. The molecule has 0 aliphatic heterocycles. The third-order valence-corrected chi connectivity index (χ3v) is 3.66. The maximum Gasteiger partial charge on any atom is 0.335 e. The van der Waals surface area contributed by atoms with E-state index in [0.717, 1.165) is 0 Å². The monoisotopic (exact) mass is 273 g/mol. The van der Waals surface area contributed by atoms with Crippen LogP contribution in [0.1, 0.15) is 10.4 Å². The van der Waals surface area contributed by atoms with Gasteiger partial charge in [-0.25, -0.2) is 17.9 Å². The molecule has 0 fully saturated rings. The highest BCUT2D eigenvalue weighted by atomic mass is 32.2. The number of carboxylic acid groups (broad SMARTS) is 1. The molecule has 5 N–H and O–H groups in total. The Morgan fingerprint density at radius 1 is 1.44 bits per heavy atom. The number of carboxylic acids is 1. The standard InChI is InChI=1S/C10H15N3O4S/c1-12-18(16,17)5-4-13-9-6-7(10(14)15)2-3-8(9)11/h2-3,6,12-13H,4-5,11H2,1H3,(H,14,15). The molecule has 0 saturated heterocycles. The number of nitrogens with two attached hydrogens (primary N) is 1. The first-order valence-electron chi connectivity index (χ1n) is 5.13. The summed E-state index contributed by atoms with van der Waals surface area (Å²) in [5, 5.41) is 11.6. The summed E-state index contributed by atoms with van der Waals surface area (Å²) in [6, 6.07) is 4.20. The smallest absolute Gasteiger partial charge is 0.335 e. The van der Waals surface area contributed by atoms with Gasteiger partial charge in [0.25, 0.3) is 0 Å². The summed E-state index contributed by atoms with van der Waals surface area (Å²) >= 11 is 0. The Bertz CT molecular complexity index is 542. The van der Waals surface area contributed by atoms with E-state index in [1.807, 2.05) is 0 Å². The number of hydrogen-bond donors (Lipinski definition) is 4. The van der Waals surface area contributed by atoms with Gasteiger partial charge in [-0.2, -0.15) is 0 Å². The Balaban J connectivity index is 2.73. The van der Waals surface area contributed by atoms with Crippen molar-refractivity contribution in [3.63, 3.8) is 0 Å². The molecule has 0 aliphatic rings. The first-order chi connectivity index (χ1) is 8.35. The number of nitrogen functional groups attached to an aromatic ring is 1. The van der Waals surface area contributed by atoms with Gasteiger partial charge in [0.15, 0.2) is 0 Å². The number of sulfonamides is 1. The molecule has 8 heteroatoms. The second kappa shape index (κ2) is 5.69. The Kier molecular flexibility index (Phi) is 4.51. The van der Waals surface area contributed by atoms with Crippen molar-refractivity contribution < 1.29 is 18.3 Å². The highest BCUT2D eigenvalue weighted by molar-refractivity contribution is 7.89. The Hall–Kier alpha value is -1.80. The van der Waals surface area contributed by atoms with E-state index in [1.54, 1.807) is 0 Å². The van der Waals surface area contributed by atoms with Gasteiger partial charge >= 0.3 is 5.97 Å². The van der Waals surface area contributed by atoms with Crippen LogP contribution in [0, 0.1) is 0 Å². The quantitative estimate of drug-likeness (QED) is 0.538. The lowest BCUT2D eigenvalue weighted by molar-refractivity contribution is 0.0697. The molecule has 0 saturated carbocycles. The van der Waals surface area contributed by atoms with Crippen molar-refractivity contribution in [2.24, 2.45) is 0 Å². The molecule has 0 atom stereocenters. The number of aromatic carboxylic acids is 1. The van der Waals surface area contributed by atoms with Gasteiger partial charge in [-0.1, -0.05) is 0 Å². The predicted molar refractivity (Wildman–Crippen MR) is 69.1 cm³/mol. The molecule has 1 aromatic rings. The molecule has 7 nitrogen and oxygen atoms in total. The van der Waals surface area contributed by atoms with Gasteiger partial charge in [0.2, 0.25) is 10.0 Å². The molecule has 0 spiro atoms. The van der Waals surface area contributed by atoms with E-state index in [-0.39, 0.29) is 17.9 Å². The summed E-state index contributed by atoms with van der Waals surface area (Å²) in [6.07, 6.45) is 0. The van der Waals surface area contributed by atoms with Crippen LogP contribution in [-0.4, -0.2) is 38.8 Å². The molecular formula is C10H15N3O4S. The Morgan fingerprint density at radius 2 is 2.11 bits per heavy atom. The van der Waals surface area contributed by atoms with Crippen LogP contribution in [0.3, 0.4) is 0 Å². The van der Waals surface area contributed by atoms with Crippen molar-refractivity contribution in [3.8, 4) is 0 Å². The molecule has 1 rings (SSSR count). The van der Waals surface area contributed by atoms with Crippen LogP contribution in [0.4, 0.5) is 11.4 Å². The SMILES string of the molecule is CNS(=O)(=O)CCNc1cc(C(=O)O)ccc1N. The summed E-state index contributed by atoms with van der Waals surface area (Å²) < 4.78 is 24.5. The minimum absolute atomic E-state index is 0.0863. The summed E-state index contributed by atoms with van der Waals surface area (Å²) in [4.78, 5) is 10.8. The molecule has 18 heavy (non-hydrogen) atoms. The highest BCUT2D eigenvalue weighted by Crippen LogP contribution is 2.19. The number of anilines is 2. The summed E-state index contributed by atoms with van der Waals surface area (Å²) in [5.41, 5.74) is 6.50. The van der Waals surface area contributed by atoms with Crippen molar-refractivity contribution >= 4 is 27.4 Å². The fourth-order valence-corrected chi connectivity index (χ4v) is 1.84. The summed E-state index contributed by atoms with van der Waals surface area (Å²) in [5.74, 6) is -1.19. The molecule has 0 radical (unpaired) electrons. The van der Waals surface area contributed by atoms with E-state index in [2.05, 4.69) is 10.0 Å². The minimum Gasteiger partial charge on any atom is -0.478 e. The second-order valence-corrected chi connectivity index (χ2v) is 5.60. The second-order valence-electron chi connectivity index (χ2n) is 3.56. The van der Waals surface area contributed by atoms with Gasteiger partial charge in [-0.3, -0.25) is 0 Å². The van der Waals surface area contributed by atoms with Gasteiger partial charge in [0.05, 0.1) is 22.7 Å². The lowest BCUT2D eigenvalue weighted by atomic mass is 10.2. The number of nitrogens with one attached hydrogen (secondary N) is 2. The molecule has 1 aromatic carbocycles. The van der Waals surface area contributed by atoms with Crippen molar-refractivity contribution in [1.29, 1.82) is 0 Å². The highest BCUT2D eigenvalue weighted by Gasteiger charge is 2.09. The Labute approximate surface area is 105 Å². The van der Waals surface area contributed by atoms with E-state index in [0.29, 0.717) is 11.4 Å². The van der Waals surface area contributed by atoms with Crippen molar-refractivity contribution in [2.45, 2.75) is 0 Å². The van der Waals surface area contributed by atoms with Gasteiger partial charge in [0, 0.05) is 6.54 Å². The van der Waals surface area contributed by atoms with Crippen molar-refractivity contribution in [2.75, 3.05) is 30.4 Å². The minimum atomic E-state index is -3.30. The van der Waals surface area contributed by atoms with Gasteiger partial charge in [0.1, 0.15) is 0 Å². The lowest BCUT2D eigenvalue weighted by Crippen LogP contribution is -2.26. The van der Waals surface area contributed by atoms with Crippen LogP contribution in [0.25, 0.3) is 0 Å². The number of carbonyl (C=O) groups is 1. The topological polar surface area (TPSA) is 122 Å². The zero-order chi connectivity index (χ0) is 13.8. The van der Waals surface area contributed by atoms with Crippen LogP contribution in [-0.2, 0) is 10.0 Å². The fourth-order valence-electron chi connectivity index (χ4n) is 1.26. The first kappa shape index (κ1) is 14.3. The molecule has 0 bridgehead atoms. The number of hydrogen-bond acceptors (Lipinski definition) is 5. The fraction of sp³-hybridized carbons (Fsp3) is 0.300. The third kappa shape index (κ3) is 3.90. The van der Waals surface area contributed by atoms with E-state index < -0.39 is 16.0 Å². The largest absolute Gasteiger partial charge is 0.478 e. The third-order valence-electron chi connectivity index (χ3n) is 2.30. The van der Waals surface area contributed by atoms with Crippen LogP contribution < -0.4 is 15.8 Å². The normalized spacial score (nSPS) is 11.2. The Morgan fingerprint density at radius 3 is 2.67 bits per heavy atom. The lowest BCUT2D eigenvalue weighted by Gasteiger charge is -2.10. The first-order valence-corrected chi connectivity index (χ1v) is 6.79. The van der Waals surface area contributed by atoms with Crippen LogP contribution in [0.15, 0.2) is 18.2 Å². The van der Waals surface area contributed by atoms with Gasteiger partial charge in [-0.15, -0.1) is 0 Å². The molecule has 0 aliphatic carbocycles. The van der Waals surface area contributed by atoms with E-state index in [9.17, 15) is 13.2 Å². The number of benzene rings is 1. The molecule has 0 amide bonds. The molecule has 100 valence electrons. The van der Waals surface area contributed by atoms with Gasteiger partial charge < -0.3 is 16.2 Å².